The van der Waals surface area contributed by atoms with E-state index in [1.165, 1.54) is 0 Å². The van der Waals surface area contributed by atoms with Crippen molar-refractivity contribution >= 4 is 11.9 Å². The first-order valence-electron chi connectivity index (χ1n) is 7.27. The van der Waals surface area contributed by atoms with E-state index >= 15 is 0 Å². The number of carbonyl (C=O) groups excluding carboxylic acids is 2. The number of aryl methyl sites for hydroxylation is 1. The van der Waals surface area contributed by atoms with Gasteiger partial charge < -0.3 is 20.4 Å². The van der Waals surface area contributed by atoms with Crippen LogP contribution in [0.2, 0.25) is 0 Å². The Balaban J connectivity index is 2.44. The summed E-state index contributed by atoms with van der Waals surface area (Å²) in [5, 5.41) is 8.17. The zero-order valence-corrected chi connectivity index (χ0v) is 13.3. The molecule has 0 saturated heterocycles. The Morgan fingerprint density at radius 2 is 1.81 bits per heavy atom. The highest BCUT2D eigenvalue weighted by molar-refractivity contribution is 5.86. The number of furan rings is 1. The van der Waals surface area contributed by atoms with Crippen molar-refractivity contribution in [2.75, 3.05) is 0 Å². The molecule has 0 fully saturated rings. The largest absolute Gasteiger partial charge is 0.464 e. The van der Waals surface area contributed by atoms with Crippen LogP contribution in [0.3, 0.4) is 0 Å². The molecule has 3 unspecified atom stereocenters. The maximum Gasteiger partial charge on any atom is 0.316 e. The lowest BCUT2D eigenvalue weighted by atomic mass is 10.2. The lowest BCUT2D eigenvalue weighted by Crippen LogP contribution is -2.50. The van der Waals surface area contributed by atoms with Crippen LogP contribution in [-0.4, -0.2) is 24.0 Å². The summed E-state index contributed by atoms with van der Waals surface area (Å²) in [4.78, 5) is 23.7. The molecule has 1 aromatic heterocycles. The van der Waals surface area contributed by atoms with Crippen LogP contribution >= 0.6 is 0 Å². The Hall–Kier alpha value is -1.98. The van der Waals surface area contributed by atoms with Gasteiger partial charge in [0.2, 0.25) is 5.91 Å². The summed E-state index contributed by atoms with van der Waals surface area (Å²) in [6.45, 7) is 9.23. The summed E-state index contributed by atoms with van der Waals surface area (Å²) in [6.07, 6.45) is 0.847. The number of urea groups is 1. The smallest absolute Gasteiger partial charge is 0.316 e. The van der Waals surface area contributed by atoms with Gasteiger partial charge in [-0.1, -0.05) is 6.92 Å². The van der Waals surface area contributed by atoms with Gasteiger partial charge in [-0.25, -0.2) is 4.79 Å². The normalized spacial score (nSPS) is 14.9. The van der Waals surface area contributed by atoms with Crippen LogP contribution in [0.5, 0.6) is 0 Å². The van der Waals surface area contributed by atoms with Crippen molar-refractivity contribution in [1.29, 1.82) is 0 Å². The van der Waals surface area contributed by atoms with Crippen LogP contribution in [0.4, 0.5) is 4.79 Å². The highest BCUT2D eigenvalue weighted by atomic mass is 16.3. The molecule has 0 aliphatic carbocycles. The van der Waals surface area contributed by atoms with Gasteiger partial charge in [0.05, 0.1) is 6.04 Å². The quantitative estimate of drug-likeness (QED) is 0.752. The highest BCUT2D eigenvalue weighted by Gasteiger charge is 2.19. The summed E-state index contributed by atoms with van der Waals surface area (Å²) in [6, 6.07) is 2.50. The first-order valence-corrected chi connectivity index (χ1v) is 7.27. The van der Waals surface area contributed by atoms with Crippen molar-refractivity contribution in [3.63, 3.8) is 0 Å². The second-order valence-electron chi connectivity index (χ2n) is 5.33. The molecular formula is C15H25N3O3. The van der Waals surface area contributed by atoms with Crippen LogP contribution in [-0.2, 0) is 4.79 Å². The maximum atomic E-state index is 11.9. The van der Waals surface area contributed by atoms with Gasteiger partial charge in [0.25, 0.3) is 0 Å². The number of carbonyl (C=O) groups is 2. The number of hydrogen-bond acceptors (Lipinski definition) is 3. The predicted octanol–water partition coefficient (Wildman–Crippen LogP) is 2.25. The first-order chi connectivity index (χ1) is 9.83. The molecule has 1 heterocycles. The van der Waals surface area contributed by atoms with Crippen molar-refractivity contribution in [2.24, 2.45) is 0 Å². The summed E-state index contributed by atoms with van der Waals surface area (Å²) < 4.78 is 5.44. The standard InChI is InChI=1S/C15H25N3O3/c1-6-9(2)16-14(19)12(5)18-15(20)17-11(4)13-8-7-10(3)21-13/h7-9,11-12H,6H2,1-5H3,(H,16,19)(H2,17,18,20). The molecule has 0 spiro atoms. The van der Waals surface area contributed by atoms with Crippen LogP contribution in [0.25, 0.3) is 0 Å². The van der Waals surface area contributed by atoms with Gasteiger partial charge in [0, 0.05) is 6.04 Å². The van der Waals surface area contributed by atoms with Crippen molar-refractivity contribution in [3.8, 4) is 0 Å². The van der Waals surface area contributed by atoms with Crippen LogP contribution in [0, 0.1) is 6.92 Å². The molecule has 6 heteroatoms. The minimum atomic E-state index is -0.593. The van der Waals surface area contributed by atoms with Crippen LogP contribution in [0.15, 0.2) is 16.5 Å². The lowest BCUT2D eigenvalue weighted by molar-refractivity contribution is -0.123. The third-order valence-electron chi connectivity index (χ3n) is 3.28. The van der Waals surface area contributed by atoms with E-state index in [0.717, 1.165) is 12.2 Å². The van der Waals surface area contributed by atoms with Gasteiger partial charge >= 0.3 is 6.03 Å². The summed E-state index contributed by atoms with van der Waals surface area (Å²) in [5.41, 5.74) is 0. The Kier molecular flexibility index (Phi) is 6.27. The molecule has 0 aliphatic heterocycles. The van der Waals surface area contributed by atoms with E-state index < -0.39 is 12.1 Å². The molecule has 3 atom stereocenters. The van der Waals surface area contributed by atoms with Gasteiger partial charge in [-0.2, -0.15) is 0 Å². The third kappa shape index (κ3) is 5.49. The Bertz CT molecular complexity index is 484. The minimum absolute atomic E-state index is 0.0924. The molecule has 0 saturated carbocycles. The Morgan fingerprint density at radius 1 is 1.14 bits per heavy atom. The molecule has 1 aromatic rings. The second kappa shape index (κ2) is 7.71. The highest BCUT2D eigenvalue weighted by Crippen LogP contribution is 2.15. The topological polar surface area (TPSA) is 83.4 Å². The van der Waals surface area contributed by atoms with E-state index in [2.05, 4.69) is 16.0 Å². The fourth-order valence-corrected chi connectivity index (χ4v) is 1.73. The number of nitrogens with one attached hydrogen (secondary N) is 3. The molecule has 3 N–H and O–H groups in total. The summed E-state index contributed by atoms with van der Waals surface area (Å²) in [5.74, 6) is 1.28. The van der Waals surface area contributed by atoms with Crippen molar-refractivity contribution in [2.45, 2.75) is 59.2 Å². The van der Waals surface area contributed by atoms with Crippen LogP contribution in [0.1, 0.15) is 51.7 Å². The van der Waals surface area contributed by atoms with E-state index in [0.29, 0.717) is 5.76 Å². The fourth-order valence-electron chi connectivity index (χ4n) is 1.73. The van der Waals surface area contributed by atoms with Crippen molar-refractivity contribution < 1.29 is 14.0 Å². The minimum Gasteiger partial charge on any atom is -0.464 e. The van der Waals surface area contributed by atoms with Gasteiger partial charge in [0.1, 0.15) is 17.6 Å². The third-order valence-corrected chi connectivity index (χ3v) is 3.28. The van der Waals surface area contributed by atoms with Gasteiger partial charge in [-0.3, -0.25) is 4.79 Å². The molecule has 0 bridgehead atoms. The molecular weight excluding hydrogens is 270 g/mol. The summed E-state index contributed by atoms with van der Waals surface area (Å²) in [7, 11) is 0. The maximum absolute atomic E-state index is 11.9. The first kappa shape index (κ1) is 17.1. The van der Waals surface area contributed by atoms with E-state index in [1.807, 2.05) is 39.8 Å². The Labute approximate surface area is 125 Å². The van der Waals surface area contributed by atoms with Gasteiger partial charge in [-0.05, 0) is 46.2 Å². The van der Waals surface area contributed by atoms with Crippen molar-refractivity contribution in [3.05, 3.63) is 23.7 Å². The summed E-state index contributed by atoms with van der Waals surface area (Å²) >= 11 is 0. The van der Waals surface area contributed by atoms with Gasteiger partial charge in [-0.15, -0.1) is 0 Å². The molecule has 6 nitrogen and oxygen atoms in total. The number of hydrogen-bond donors (Lipinski definition) is 3. The fraction of sp³-hybridized carbons (Fsp3) is 0.600. The predicted molar refractivity (Wildman–Crippen MR) is 80.9 cm³/mol. The zero-order chi connectivity index (χ0) is 16.0. The Morgan fingerprint density at radius 3 is 2.33 bits per heavy atom. The second-order valence-corrected chi connectivity index (χ2v) is 5.33. The van der Waals surface area contributed by atoms with Crippen molar-refractivity contribution in [1.82, 2.24) is 16.0 Å². The average molecular weight is 295 g/mol. The van der Waals surface area contributed by atoms with E-state index in [-0.39, 0.29) is 18.0 Å². The molecule has 0 aliphatic rings. The molecule has 118 valence electrons. The average Bonchev–Trinajstić information content (AvgIpc) is 2.84. The molecule has 0 aromatic carbocycles. The molecule has 21 heavy (non-hydrogen) atoms. The molecule has 0 radical (unpaired) electrons. The monoisotopic (exact) mass is 295 g/mol. The molecule has 1 rings (SSSR count). The van der Waals surface area contributed by atoms with E-state index in [9.17, 15) is 9.59 Å². The lowest BCUT2D eigenvalue weighted by Gasteiger charge is -2.19. The number of amides is 3. The SMILES string of the molecule is CCC(C)NC(=O)C(C)NC(=O)NC(C)c1ccc(C)o1. The van der Waals surface area contributed by atoms with Gasteiger partial charge in [0.15, 0.2) is 0 Å². The van der Waals surface area contributed by atoms with E-state index in [1.54, 1.807) is 6.92 Å². The number of rotatable bonds is 6. The molecule has 3 amide bonds. The van der Waals surface area contributed by atoms with E-state index in [4.69, 9.17) is 4.42 Å². The van der Waals surface area contributed by atoms with Crippen LogP contribution < -0.4 is 16.0 Å². The zero-order valence-electron chi connectivity index (χ0n) is 13.3.